The van der Waals surface area contributed by atoms with E-state index in [1.807, 2.05) is 31.2 Å². The monoisotopic (exact) mass is 268 g/mol. The van der Waals surface area contributed by atoms with Crippen molar-refractivity contribution in [1.82, 2.24) is 10.6 Å². The highest BCUT2D eigenvalue weighted by molar-refractivity contribution is 5.95. The van der Waals surface area contributed by atoms with Gasteiger partial charge in [0, 0.05) is 11.6 Å². The van der Waals surface area contributed by atoms with Crippen molar-refractivity contribution in [2.75, 3.05) is 13.1 Å². The summed E-state index contributed by atoms with van der Waals surface area (Å²) in [6.45, 7) is 6.12. The number of hydrogen-bond donors (Lipinski definition) is 2. The van der Waals surface area contributed by atoms with Crippen LogP contribution in [0, 0.1) is 12.8 Å². The van der Waals surface area contributed by atoms with Crippen LogP contribution in [-0.2, 0) is 0 Å². The Morgan fingerprint density at radius 2 is 2.11 bits per heavy atom. The third-order valence-electron chi connectivity index (χ3n) is 3.49. The first-order chi connectivity index (χ1) is 8.18. The van der Waals surface area contributed by atoms with Crippen LogP contribution in [-0.4, -0.2) is 25.0 Å². The van der Waals surface area contributed by atoms with Gasteiger partial charge in [0.05, 0.1) is 0 Å². The fourth-order valence-corrected chi connectivity index (χ4v) is 2.30. The van der Waals surface area contributed by atoms with Gasteiger partial charge < -0.3 is 10.6 Å². The lowest BCUT2D eigenvalue weighted by Gasteiger charge is -2.30. The van der Waals surface area contributed by atoms with Gasteiger partial charge in [0.1, 0.15) is 0 Å². The number of benzene rings is 1. The first kappa shape index (κ1) is 15.0. The van der Waals surface area contributed by atoms with Crippen LogP contribution >= 0.6 is 12.4 Å². The Kier molecular flexibility index (Phi) is 5.63. The first-order valence-corrected chi connectivity index (χ1v) is 6.25. The normalized spacial score (nSPS) is 23.0. The van der Waals surface area contributed by atoms with Crippen molar-refractivity contribution in [2.24, 2.45) is 5.92 Å². The Labute approximate surface area is 115 Å². The van der Waals surface area contributed by atoms with E-state index in [1.54, 1.807) is 0 Å². The smallest absolute Gasteiger partial charge is 0.251 e. The molecule has 3 nitrogen and oxygen atoms in total. The van der Waals surface area contributed by atoms with Gasteiger partial charge in [0.25, 0.3) is 5.91 Å². The van der Waals surface area contributed by atoms with Crippen LogP contribution in [0.5, 0.6) is 0 Å². The molecule has 1 saturated heterocycles. The van der Waals surface area contributed by atoms with Gasteiger partial charge in [-0.25, -0.2) is 0 Å². The van der Waals surface area contributed by atoms with Gasteiger partial charge >= 0.3 is 0 Å². The first-order valence-electron chi connectivity index (χ1n) is 6.25. The summed E-state index contributed by atoms with van der Waals surface area (Å²) >= 11 is 0. The number of halogens is 1. The summed E-state index contributed by atoms with van der Waals surface area (Å²) < 4.78 is 0. The molecule has 0 radical (unpaired) electrons. The molecule has 0 bridgehead atoms. The molecule has 2 N–H and O–H groups in total. The van der Waals surface area contributed by atoms with Crippen molar-refractivity contribution in [3.05, 3.63) is 35.4 Å². The van der Waals surface area contributed by atoms with Gasteiger partial charge in [-0.05, 0) is 44.0 Å². The molecule has 1 aromatic rings. The van der Waals surface area contributed by atoms with Crippen molar-refractivity contribution in [2.45, 2.75) is 26.3 Å². The van der Waals surface area contributed by atoms with Crippen LogP contribution in [0.2, 0.25) is 0 Å². The number of hydrogen-bond acceptors (Lipinski definition) is 2. The molecule has 18 heavy (non-hydrogen) atoms. The van der Waals surface area contributed by atoms with Gasteiger partial charge in [-0.15, -0.1) is 12.4 Å². The van der Waals surface area contributed by atoms with Gasteiger partial charge in [-0.1, -0.05) is 25.1 Å². The zero-order chi connectivity index (χ0) is 12.3. The molecule has 4 heteroatoms. The van der Waals surface area contributed by atoms with Crippen LogP contribution in [0.1, 0.15) is 29.3 Å². The second-order valence-corrected chi connectivity index (χ2v) is 4.86. The Morgan fingerprint density at radius 3 is 2.78 bits per heavy atom. The third kappa shape index (κ3) is 3.47. The summed E-state index contributed by atoms with van der Waals surface area (Å²) in [7, 11) is 0. The second kappa shape index (κ2) is 6.76. The average molecular weight is 269 g/mol. The third-order valence-corrected chi connectivity index (χ3v) is 3.49. The molecule has 1 aromatic carbocycles. The zero-order valence-corrected chi connectivity index (χ0v) is 11.7. The molecule has 1 aliphatic rings. The van der Waals surface area contributed by atoms with E-state index in [-0.39, 0.29) is 18.3 Å². The molecule has 1 amide bonds. The molecule has 1 heterocycles. The molecule has 1 fully saturated rings. The Hall–Kier alpha value is -1.06. The number of nitrogens with one attached hydrogen (secondary N) is 2. The van der Waals surface area contributed by atoms with E-state index in [9.17, 15) is 4.79 Å². The van der Waals surface area contributed by atoms with Crippen LogP contribution in [0.3, 0.4) is 0 Å². The highest BCUT2D eigenvalue weighted by Crippen LogP contribution is 2.13. The van der Waals surface area contributed by atoms with Crippen molar-refractivity contribution >= 4 is 18.3 Å². The Morgan fingerprint density at radius 1 is 1.39 bits per heavy atom. The lowest BCUT2D eigenvalue weighted by molar-refractivity contribution is 0.0913. The van der Waals surface area contributed by atoms with Crippen LogP contribution < -0.4 is 10.6 Å². The van der Waals surface area contributed by atoms with Crippen molar-refractivity contribution < 1.29 is 4.79 Å². The predicted octanol–water partition coefficient (Wildman–Crippen LogP) is 2.14. The Bertz CT molecular complexity index is 409. The highest BCUT2D eigenvalue weighted by Gasteiger charge is 2.23. The molecular weight excluding hydrogens is 248 g/mol. The molecule has 1 aliphatic heterocycles. The summed E-state index contributed by atoms with van der Waals surface area (Å²) in [5.41, 5.74) is 1.82. The number of amides is 1. The molecule has 2 atom stereocenters. The van der Waals surface area contributed by atoms with Gasteiger partial charge in [0.2, 0.25) is 0 Å². The summed E-state index contributed by atoms with van der Waals surface area (Å²) in [4.78, 5) is 12.1. The predicted molar refractivity (Wildman–Crippen MR) is 76.3 cm³/mol. The number of rotatable bonds is 2. The number of aryl methyl sites for hydroxylation is 1. The van der Waals surface area contributed by atoms with Gasteiger partial charge in [-0.2, -0.15) is 0 Å². The summed E-state index contributed by atoms with van der Waals surface area (Å²) in [6, 6.07) is 8.02. The minimum atomic E-state index is 0. The molecule has 0 saturated carbocycles. The second-order valence-electron chi connectivity index (χ2n) is 4.86. The molecule has 0 spiro atoms. The SMILES string of the molecule is Cc1ccccc1C(=O)NC1CCNCC1C.Cl. The largest absolute Gasteiger partial charge is 0.349 e. The van der Waals surface area contributed by atoms with Crippen molar-refractivity contribution in [3.63, 3.8) is 0 Å². The van der Waals surface area contributed by atoms with E-state index in [4.69, 9.17) is 0 Å². The van der Waals surface area contributed by atoms with E-state index < -0.39 is 0 Å². The number of carbonyl (C=O) groups excluding carboxylic acids is 1. The molecule has 2 unspecified atom stereocenters. The standard InChI is InChI=1S/C14H20N2O.ClH/c1-10-5-3-4-6-12(10)14(17)16-13-7-8-15-9-11(13)2;/h3-6,11,13,15H,7-9H2,1-2H3,(H,16,17);1H. The molecule has 100 valence electrons. The minimum Gasteiger partial charge on any atom is -0.349 e. The zero-order valence-electron chi connectivity index (χ0n) is 10.9. The Balaban J connectivity index is 0.00000162. The molecule has 0 aromatic heterocycles. The van der Waals surface area contributed by atoms with E-state index in [2.05, 4.69) is 17.6 Å². The van der Waals surface area contributed by atoms with E-state index in [0.29, 0.717) is 12.0 Å². The van der Waals surface area contributed by atoms with Crippen molar-refractivity contribution in [3.8, 4) is 0 Å². The quantitative estimate of drug-likeness (QED) is 0.863. The molecular formula is C14H21ClN2O. The fraction of sp³-hybridized carbons (Fsp3) is 0.500. The summed E-state index contributed by atoms with van der Waals surface area (Å²) in [5, 5.41) is 6.48. The lowest BCUT2D eigenvalue weighted by atomic mass is 9.95. The minimum absolute atomic E-state index is 0. The van der Waals surface area contributed by atoms with Crippen LogP contribution in [0.4, 0.5) is 0 Å². The van der Waals surface area contributed by atoms with Crippen LogP contribution in [0.15, 0.2) is 24.3 Å². The number of piperidine rings is 1. The summed E-state index contributed by atoms with van der Waals surface area (Å²) in [6.07, 6.45) is 1.01. The topological polar surface area (TPSA) is 41.1 Å². The van der Waals surface area contributed by atoms with E-state index in [1.165, 1.54) is 0 Å². The maximum absolute atomic E-state index is 12.1. The lowest BCUT2D eigenvalue weighted by Crippen LogP contribution is -2.48. The van der Waals surface area contributed by atoms with Gasteiger partial charge in [-0.3, -0.25) is 4.79 Å². The van der Waals surface area contributed by atoms with Crippen molar-refractivity contribution in [1.29, 1.82) is 0 Å². The highest BCUT2D eigenvalue weighted by atomic mass is 35.5. The molecule has 2 rings (SSSR count). The van der Waals surface area contributed by atoms with E-state index in [0.717, 1.165) is 30.6 Å². The molecule has 0 aliphatic carbocycles. The fourth-order valence-electron chi connectivity index (χ4n) is 2.30. The van der Waals surface area contributed by atoms with E-state index >= 15 is 0 Å². The average Bonchev–Trinajstić information content (AvgIpc) is 2.32. The summed E-state index contributed by atoms with van der Waals surface area (Å²) in [5.74, 6) is 0.554. The number of carbonyl (C=O) groups is 1. The maximum atomic E-state index is 12.1. The maximum Gasteiger partial charge on any atom is 0.251 e. The van der Waals surface area contributed by atoms with Gasteiger partial charge in [0.15, 0.2) is 0 Å². The van der Waals surface area contributed by atoms with Crippen LogP contribution in [0.25, 0.3) is 0 Å².